The predicted molar refractivity (Wildman–Crippen MR) is 71.6 cm³/mol. The lowest BCUT2D eigenvalue weighted by molar-refractivity contribution is 0.0907. The normalized spacial score (nSPS) is 12.3. The first-order valence-corrected chi connectivity index (χ1v) is 5.90. The zero-order chi connectivity index (χ0) is 13.7. The minimum absolute atomic E-state index is 0.0673. The molecule has 0 aliphatic heterocycles. The second kappa shape index (κ2) is 6.40. The van der Waals surface area contributed by atoms with Crippen molar-refractivity contribution in [1.29, 1.82) is 0 Å². The van der Waals surface area contributed by atoms with E-state index in [0.29, 0.717) is 23.6 Å². The molecule has 0 radical (unpaired) electrons. The number of ether oxygens (including phenoxy) is 2. The monoisotopic (exact) mass is 251 g/mol. The number of carbonyl (C=O) groups excluding carboxylic acids is 1. The van der Waals surface area contributed by atoms with Gasteiger partial charge in [0.25, 0.3) is 0 Å². The van der Waals surface area contributed by atoms with Gasteiger partial charge in [0.1, 0.15) is 11.5 Å². The molecule has 0 aliphatic carbocycles. The van der Waals surface area contributed by atoms with Crippen LogP contribution in [0.1, 0.15) is 17.3 Å². The second-order valence-corrected chi connectivity index (χ2v) is 4.59. The molecule has 0 amide bonds. The summed E-state index contributed by atoms with van der Waals surface area (Å²) in [5.41, 5.74) is 0.604. The minimum Gasteiger partial charge on any atom is -0.497 e. The van der Waals surface area contributed by atoms with Crippen LogP contribution in [0.25, 0.3) is 0 Å². The maximum Gasteiger partial charge on any atom is 0.170 e. The largest absolute Gasteiger partial charge is 0.497 e. The number of nitrogens with zero attached hydrogens (tertiary/aromatic N) is 1. The van der Waals surface area contributed by atoms with Crippen molar-refractivity contribution in [2.45, 2.75) is 6.92 Å². The molecule has 100 valence electrons. The highest BCUT2D eigenvalue weighted by Crippen LogP contribution is 2.26. The van der Waals surface area contributed by atoms with E-state index in [4.69, 9.17) is 9.47 Å². The molecule has 0 bridgehead atoms. The topological polar surface area (TPSA) is 38.8 Å². The molecule has 18 heavy (non-hydrogen) atoms. The number of benzene rings is 1. The van der Waals surface area contributed by atoms with E-state index in [-0.39, 0.29) is 11.7 Å². The Morgan fingerprint density at radius 1 is 1.28 bits per heavy atom. The Balaban J connectivity index is 2.98. The maximum absolute atomic E-state index is 12.3. The van der Waals surface area contributed by atoms with E-state index in [0.717, 1.165) is 0 Å². The number of hydrogen-bond acceptors (Lipinski definition) is 4. The smallest absolute Gasteiger partial charge is 0.170 e. The van der Waals surface area contributed by atoms with Gasteiger partial charge in [-0.3, -0.25) is 4.79 Å². The fourth-order valence-corrected chi connectivity index (χ4v) is 1.90. The van der Waals surface area contributed by atoms with Crippen molar-refractivity contribution in [2.24, 2.45) is 5.92 Å². The molecule has 0 aliphatic rings. The van der Waals surface area contributed by atoms with Gasteiger partial charge in [-0.15, -0.1) is 0 Å². The van der Waals surface area contributed by atoms with Crippen molar-refractivity contribution < 1.29 is 14.3 Å². The van der Waals surface area contributed by atoms with Crippen LogP contribution in [0, 0.1) is 5.92 Å². The Hall–Kier alpha value is -1.55. The molecule has 1 unspecified atom stereocenters. The van der Waals surface area contributed by atoms with E-state index in [1.54, 1.807) is 32.4 Å². The number of ketones is 1. The summed E-state index contributed by atoms with van der Waals surface area (Å²) in [6.07, 6.45) is 0. The van der Waals surface area contributed by atoms with Crippen molar-refractivity contribution in [3.8, 4) is 11.5 Å². The molecule has 1 aromatic rings. The first-order valence-electron chi connectivity index (χ1n) is 5.90. The van der Waals surface area contributed by atoms with E-state index in [9.17, 15) is 4.79 Å². The van der Waals surface area contributed by atoms with Gasteiger partial charge < -0.3 is 14.4 Å². The van der Waals surface area contributed by atoms with Gasteiger partial charge in [0, 0.05) is 18.5 Å². The molecule has 0 saturated carbocycles. The summed E-state index contributed by atoms with van der Waals surface area (Å²) < 4.78 is 10.4. The van der Waals surface area contributed by atoms with Gasteiger partial charge in [-0.1, -0.05) is 6.92 Å². The average molecular weight is 251 g/mol. The molecule has 4 heteroatoms. The van der Waals surface area contributed by atoms with Crippen LogP contribution in [-0.2, 0) is 0 Å². The lowest BCUT2D eigenvalue weighted by Gasteiger charge is -2.17. The molecular weight excluding hydrogens is 230 g/mol. The number of methoxy groups -OCH3 is 2. The Morgan fingerprint density at radius 3 is 2.44 bits per heavy atom. The van der Waals surface area contributed by atoms with Gasteiger partial charge in [-0.2, -0.15) is 0 Å². The maximum atomic E-state index is 12.3. The zero-order valence-corrected chi connectivity index (χ0v) is 11.7. The summed E-state index contributed by atoms with van der Waals surface area (Å²) in [6, 6.07) is 5.26. The molecule has 0 aromatic heterocycles. The lowest BCUT2D eigenvalue weighted by Crippen LogP contribution is -2.26. The SMILES string of the molecule is COc1ccc(C(=O)C(C)CN(C)C)c(OC)c1. The van der Waals surface area contributed by atoms with Crippen molar-refractivity contribution in [1.82, 2.24) is 4.90 Å². The Morgan fingerprint density at radius 2 is 1.94 bits per heavy atom. The summed E-state index contributed by atoms with van der Waals surface area (Å²) in [4.78, 5) is 14.3. The van der Waals surface area contributed by atoms with Gasteiger partial charge in [0.05, 0.1) is 19.8 Å². The van der Waals surface area contributed by atoms with E-state index in [1.165, 1.54) is 0 Å². The molecule has 4 nitrogen and oxygen atoms in total. The lowest BCUT2D eigenvalue weighted by atomic mass is 9.98. The van der Waals surface area contributed by atoms with Crippen LogP contribution in [-0.4, -0.2) is 45.5 Å². The standard InChI is InChI=1S/C14H21NO3/c1-10(9-15(2)3)14(16)12-7-6-11(17-4)8-13(12)18-5/h6-8,10H,9H2,1-5H3. The molecule has 1 aromatic carbocycles. The molecule has 0 heterocycles. The van der Waals surface area contributed by atoms with Gasteiger partial charge in [0.2, 0.25) is 0 Å². The first-order chi connectivity index (χ1) is 8.49. The van der Waals surface area contributed by atoms with E-state index in [1.807, 2.05) is 25.9 Å². The summed E-state index contributed by atoms with van der Waals surface area (Å²) >= 11 is 0. The Kier molecular flexibility index (Phi) is 5.16. The van der Waals surface area contributed by atoms with E-state index < -0.39 is 0 Å². The van der Waals surface area contributed by atoms with Crippen LogP contribution >= 0.6 is 0 Å². The third-order valence-corrected chi connectivity index (χ3v) is 2.76. The van der Waals surface area contributed by atoms with Crippen LogP contribution in [0.5, 0.6) is 11.5 Å². The Labute approximate surface area is 108 Å². The number of carbonyl (C=O) groups is 1. The Bertz CT molecular complexity index is 416. The fraction of sp³-hybridized carbons (Fsp3) is 0.500. The zero-order valence-electron chi connectivity index (χ0n) is 11.7. The minimum atomic E-state index is -0.0673. The van der Waals surface area contributed by atoms with Crippen LogP contribution in [0.15, 0.2) is 18.2 Å². The second-order valence-electron chi connectivity index (χ2n) is 4.59. The summed E-state index contributed by atoms with van der Waals surface area (Å²) in [5.74, 6) is 1.26. The molecule has 0 fully saturated rings. The van der Waals surface area contributed by atoms with Gasteiger partial charge >= 0.3 is 0 Å². The summed E-state index contributed by atoms with van der Waals surface area (Å²) in [7, 11) is 7.05. The quantitative estimate of drug-likeness (QED) is 0.726. The highest BCUT2D eigenvalue weighted by molar-refractivity contribution is 6.00. The van der Waals surface area contributed by atoms with Gasteiger partial charge in [-0.25, -0.2) is 0 Å². The van der Waals surface area contributed by atoms with Gasteiger partial charge in [-0.05, 0) is 26.2 Å². The van der Waals surface area contributed by atoms with Crippen LogP contribution in [0.2, 0.25) is 0 Å². The van der Waals surface area contributed by atoms with Crippen LogP contribution in [0.3, 0.4) is 0 Å². The third-order valence-electron chi connectivity index (χ3n) is 2.76. The highest BCUT2D eigenvalue weighted by atomic mass is 16.5. The van der Waals surface area contributed by atoms with Crippen molar-refractivity contribution in [3.05, 3.63) is 23.8 Å². The van der Waals surface area contributed by atoms with Gasteiger partial charge in [0.15, 0.2) is 5.78 Å². The molecular formula is C14H21NO3. The third kappa shape index (κ3) is 3.47. The first kappa shape index (κ1) is 14.5. The van der Waals surface area contributed by atoms with Crippen LogP contribution in [0.4, 0.5) is 0 Å². The molecule has 1 atom stereocenters. The molecule has 0 spiro atoms. The predicted octanol–water partition coefficient (Wildman–Crippen LogP) is 2.08. The number of hydrogen-bond donors (Lipinski definition) is 0. The summed E-state index contributed by atoms with van der Waals surface area (Å²) in [5, 5.41) is 0. The van der Waals surface area contributed by atoms with Crippen LogP contribution < -0.4 is 9.47 Å². The molecule has 1 rings (SSSR count). The van der Waals surface area contributed by atoms with Crippen molar-refractivity contribution >= 4 is 5.78 Å². The highest BCUT2D eigenvalue weighted by Gasteiger charge is 2.20. The number of rotatable bonds is 6. The number of Topliss-reactive ketones (excluding diaryl/α,β-unsaturated/α-hetero) is 1. The molecule has 0 saturated heterocycles. The average Bonchev–Trinajstić information content (AvgIpc) is 2.36. The van der Waals surface area contributed by atoms with E-state index in [2.05, 4.69) is 0 Å². The van der Waals surface area contributed by atoms with E-state index >= 15 is 0 Å². The summed E-state index contributed by atoms with van der Waals surface area (Å²) in [6.45, 7) is 2.64. The van der Waals surface area contributed by atoms with Crippen molar-refractivity contribution in [3.63, 3.8) is 0 Å². The fourth-order valence-electron chi connectivity index (χ4n) is 1.90. The molecule has 0 N–H and O–H groups in total. The van der Waals surface area contributed by atoms with Crippen molar-refractivity contribution in [2.75, 3.05) is 34.9 Å².